The Morgan fingerprint density at radius 1 is 1.16 bits per heavy atom. The van der Waals surface area contributed by atoms with Crippen LogP contribution in [0.25, 0.3) is 0 Å². The third-order valence-corrected chi connectivity index (χ3v) is 4.99. The Morgan fingerprint density at radius 3 is 2.28 bits per heavy atom. The molecule has 1 saturated carbocycles. The first-order valence-electron chi connectivity index (χ1n) is 9.39. The van der Waals surface area contributed by atoms with Gasteiger partial charge >= 0.3 is 0 Å². The van der Waals surface area contributed by atoms with E-state index < -0.39 is 0 Å². The fourth-order valence-corrected chi connectivity index (χ4v) is 3.67. The monoisotopic (exact) mass is 351 g/mol. The van der Waals surface area contributed by atoms with Crippen molar-refractivity contribution in [2.75, 3.05) is 40.3 Å². The topological polar surface area (TPSA) is 77.0 Å². The predicted molar refractivity (Wildman–Crippen MR) is 99.3 cm³/mol. The molecule has 1 aliphatic heterocycles. The molecule has 1 aliphatic carbocycles. The number of aliphatic imine (C=N–C) groups is 1. The molecule has 2 atom stereocenters. The number of amides is 2. The van der Waals surface area contributed by atoms with E-state index >= 15 is 0 Å². The summed E-state index contributed by atoms with van der Waals surface area (Å²) in [5, 5.41) is 6.02. The molecule has 2 rings (SSSR count). The number of fused-ring (bicyclic) bond motifs is 1. The maximum Gasteiger partial charge on any atom is 0.242 e. The highest BCUT2D eigenvalue weighted by Crippen LogP contribution is 2.35. The number of guanidine groups is 1. The maximum absolute atomic E-state index is 11.9. The molecule has 2 fully saturated rings. The number of nitrogens with zero attached hydrogens (tertiary/aromatic N) is 3. The van der Waals surface area contributed by atoms with Crippen molar-refractivity contribution in [3.05, 3.63) is 0 Å². The van der Waals surface area contributed by atoms with Gasteiger partial charge in [0.2, 0.25) is 11.8 Å². The van der Waals surface area contributed by atoms with E-state index in [1.165, 1.54) is 25.7 Å². The highest BCUT2D eigenvalue weighted by atomic mass is 16.2. The Hall–Kier alpha value is -1.79. The zero-order chi connectivity index (χ0) is 18.4. The van der Waals surface area contributed by atoms with Crippen LogP contribution < -0.4 is 10.6 Å². The molecule has 0 bridgehead atoms. The Bertz CT molecular complexity index is 490. The number of hydrogen-bond donors (Lipinski definition) is 2. The zero-order valence-corrected chi connectivity index (χ0v) is 16.0. The number of rotatable bonds is 5. The normalized spacial score (nSPS) is 23.4. The molecule has 7 nitrogen and oxygen atoms in total. The fraction of sp³-hybridized carbons (Fsp3) is 0.833. The van der Waals surface area contributed by atoms with Gasteiger partial charge in [0, 0.05) is 33.2 Å². The van der Waals surface area contributed by atoms with Crippen LogP contribution in [0.4, 0.5) is 0 Å². The van der Waals surface area contributed by atoms with Gasteiger partial charge in [0.1, 0.15) is 6.54 Å². The summed E-state index contributed by atoms with van der Waals surface area (Å²) in [6.45, 7) is 6.09. The summed E-state index contributed by atoms with van der Waals surface area (Å²) in [7, 11) is 3.47. The van der Waals surface area contributed by atoms with Crippen LogP contribution in [0.5, 0.6) is 0 Å². The number of likely N-dealkylation sites (N-methyl/N-ethyl adjacent to an activating group) is 1. The van der Waals surface area contributed by atoms with Crippen LogP contribution in [-0.4, -0.2) is 73.9 Å². The minimum absolute atomic E-state index is 0.00375. The smallest absolute Gasteiger partial charge is 0.242 e. The number of carbonyl (C=O) groups is 2. The summed E-state index contributed by atoms with van der Waals surface area (Å²) in [6.07, 6.45) is 5.17. The van der Waals surface area contributed by atoms with Crippen LogP contribution in [0, 0.1) is 11.8 Å². The van der Waals surface area contributed by atoms with Gasteiger partial charge < -0.3 is 20.4 Å². The average Bonchev–Trinajstić information content (AvgIpc) is 2.97. The van der Waals surface area contributed by atoms with Crippen LogP contribution in [0.2, 0.25) is 0 Å². The molecule has 7 heteroatoms. The third kappa shape index (κ3) is 5.90. The maximum atomic E-state index is 11.9. The molecule has 0 aromatic heterocycles. The Balaban J connectivity index is 2.00. The third-order valence-electron chi connectivity index (χ3n) is 4.99. The molecule has 0 aromatic carbocycles. The van der Waals surface area contributed by atoms with Crippen LogP contribution >= 0.6 is 0 Å². The van der Waals surface area contributed by atoms with Crippen molar-refractivity contribution in [2.45, 2.75) is 45.6 Å². The van der Waals surface area contributed by atoms with Crippen molar-refractivity contribution in [1.29, 1.82) is 0 Å². The standard InChI is InChI=1S/C18H33N5O2/c1-13(2)21-16(24)9-19-18(20-10-17(25)22(3)4)23-11-14-7-5-6-8-15(14)12-23/h13-15H,5-12H2,1-4H3,(H,19,20)(H,21,24). The van der Waals surface area contributed by atoms with Crippen molar-refractivity contribution >= 4 is 17.8 Å². The lowest BCUT2D eigenvalue weighted by atomic mass is 9.82. The molecule has 142 valence electrons. The fourth-order valence-electron chi connectivity index (χ4n) is 3.67. The van der Waals surface area contributed by atoms with E-state index in [9.17, 15) is 9.59 Å². The van der Waals surface area contributed by atoms with Gasteiger partial charge in [-0.2, -0.15) is 0 Å². The largest absolute Gasteiger partial charge is 0.352 e. The molecular formula is C18H33N5O2. The van der Waals surface area contributed by atoms with Gasteiger partial charge in [0.05, 0.1) is 6.54 Å². The number of likely N-dealkylation sites (tertiary alicyclic amines) is 1. The van der Waals surface area contributed by atoms with Crippen LogP contribution in [0.1, 0.15) is 39.5 Å². The second-order valence-corrected chi connectivity index (χ2v) is 7.71. The van der Waals surface area contributed by atoms with Crippen molar-refractivity contribution in [3.8, 4) is 0 Å². The SMILES string of the molecule is CC(C)NC(=O)CN=C(NCC(=O)N(C)C)N1CC2CCCCC2C1. The van der Waals surface area contributed by atoms with Crippen LogP contribution in [0.3, 0.4) is 0 Å². The van der Waals surface area contributed by atoms with E-state index in [1.54, 1.807) is 19.0 Å². The van der Waals surface area contributed by atoms with Gasteiger partial charge in [-0.15, -0.1) is 0 Å². The summed E-state index contributed by atoms with van der Waals surface area (Å²) >= 11 is 0. The lowest BCUT2D eigenvalue weighted by molar-refractivity contribution is -0.127. The van der Waals surface area contributed by atoms with Gasteiger partial charge in [-0.1, -0.05) is 12.8 Å². The van der Waals surface area contributed by atoms with Gasteiger partial charge in [0.25, 0.3) is 0 Å². The quantitative estimate of drug-likeness (QED) is 0.564. The molecule has 1 saturated heterocycles. The highest BCUT2D eigenvalue weighted by molar-refractivity contribution is 5.88. The van der Waals surface area contributed by atoms with E-state index in [0.29, 0.717) is 5.96 Å². The van der Waals surface area contributed by atoms with Crippen molar-refractivity contribution in [2.24, 2.45) is 16.8 Å². The first-order valence-corrected chi connectivity index (χ1v) is 9.39. The molecule has 0 aromatic rings. The first kappa shape index (κ1) is 19.5. The first-order chi connectivity index (χ1) is 11.9. The summed E-state index contributed by atoms with van der Waals surface area (Å²) < 4.78 is 0. The predicted octanol–water partition coefficient (Wildman–Crippen LogP) is 0.667. The van der Waals surface area contributed by atoms with E-state index in [2.05, 4.69) is 20.5 Å². The average molecular weight is 351 g/mol. The highest BCUT2D eigenvalue weighted by Gasteiger charge is 2.35. The second-order valence-electron chi connectivity index (χ2n) is 7.71. The Labute approximate surface area is 151 Å². The Kier molecular flexibility index (Phi) is 7.08. The lowest BCUT2D eigenvalue weighted by Crippen LogP contribution is -2.45. The van der Waals surface area contributed by atoms with Gasteiger partial charge in [0.15, 0.2) is 5.96 Å². The van der Waals surface area contributed by atoms with Crippen molar-refractivity contribution in [3.63, 3.8) is 0 Å². The minimum Gasteiger partial charge on any atom is -0.352 e. The van der Waals surface area contributed by atoms with Crippen molar-refractivity contribution < 1.29 is 9.59 Å². The molecular weight excluding hydrogens is 318 g/mol. The zero-order valence-electron chi connectivity index (χ0n) is 16.0. The van der Waals surface area contributed by atoms with Gasteiger partial charge in [-0.05, 0) is 38.5 Å². The van der Waals surface area contributed by atoms with Crippen LogP contribution in [-0.2, 0) is 9.59 Å². The molecule has 1 heterocycles. The van der Waals surface area contributed by atoms with Gasteiger partial charge in [-0.3, -0.25) is 9.59 Å². The molecule has 2 amide bonds. The molecule has 0 radical (unpaired) electrons. The molecule has 2 unspecified atom stereocenters. The Morgan fingerprint density at radius 2 is 1.76 bits per heavy atom. The van der Waals surface area contributed by atoms with E-state index in [4.69, 9.17) is 0 Å². The summed E-state index contributed by atoms with van der Waals surface area (Å²) in [4.78, 5) is 32.1. The molecule has 2 aliphatic rings. The van der Waals surface area contributed by atoms with E-state index in [-0.39, 0.29) is 30.9 Å². The lowest BCUT2D eigenvalue weighted by Gasteiger charge is -2.23. The van der Waals surface area contributed by atoms with Gasteiger partial charge in [-0.25, -0.2) is 4.99 Å². The number of nitrogens with one attached hydrogen (secondary N) is 2. The molecule has 0 spiro atoms. The minimum atomic E-state index is -0.0927. The molecule has 2 N–H and O–H groups in total. The summed E-state index contributed by atoms with van der Waals surface area (Å²) in [5.74, 6) is 2.02. The van der Waals surface area contributed by atoms with Crippen molar-refractivity contribution in [1.82, 2.24) is 20.4 Å². The summed E-state index contributed by atoms with van der Waals surface area (Å²) in [5.41, 5.74) is 0. The van der Waals surface area contributed by atoms with E-state index in [0.717, 1.165) is 24.9 Å². The van der Waals surface area contributed by atoms with E-state index in [1.807, 2.05) is 13.8 Å². The second kappa shape index (κ2) is 9.06. The molecule has 25 heavy (non-hydrogen) atoms. The number of carbonyl (C=O) groups excluding carboxylic acids is 2. The number of hydrogen-bond acceptors (Lipinski definition) is 3. The van der Waals surface area contributed by atoms with Crippen LogP contribution in [0.15, 0.2) is 4.99 Å². The summed E-state index contributed by atoms with van der Waals surface area (Å²) in [6, 6.07) is 0.101.